The molecule has 0 spiro atoms. The Morgan fingerprint density at radius 3 is 2.85 bits per heavy atom. The molecule has 76 valence electrons. The van der Waals surface area contributed by atoms with Crippen molar-refractivity contribution >= 4 is 5.78 Å². The van der Waals surface area contributed by atoms with Crippen molar-refractivity contribution in [1.82, 2.24) is 4.90 Å². The average Bonchev–Trinajstić information content (AvgIpc) is 2.53. The molecule has 1 aliphatic rings. The van der Waals surface area contributed by atoms with Gasteiger partial charge < -0.3 is 9.84 Å². The van der Waals surface area contributed by atoms with E-state index in [2.05, 4.69) is 0 Å². The number of rotatable bonds is 4. The van der Waals surface area contributed by atoms with E-state index < -0.39 is 0 Å². The van der Waals surface area contributed by atoms with Crippen LogP contribution in [0.3, 0.4) is 0 Å². The third-order valence-electron chi connectivity index (χ3n) is 2.59. The molecule has 0 amide bonds. The van der Waals surface area contributed by atoms with E-state index in [4.69, 9.17) is 9.84 Å². The number of ketones is 1. The molecule has 0 aromatic rings. The standard InChI is InChI=1S/C9H17NO3/c1-7(12)9(6-11)10-4-3-8(5-10)13-2/h8-9,11H,3-6H2,1-2H3. The van der Waals surface area contributed by atoms with E-state index in [1.165, 1.54) is 6.92 Å². The number of Topliss-reactive ketones (excluding diaryl/α,β-unsaturated/α-hetero) is 1. The van der Waals surface area contributed by atoms with Crippen LogP contribution >= 0.6 is 0 Å². The zero-order valence-corrected chi connectivity index (χ0v) is 8.19. The van der Waals surface area contributed by atoms with E-state index in [9.17, 15) is 4.79 Å². The molecule has 13 heavy (non-hydrogen) atoms. The SMILES string of the molecule is COC1CCN(C(CO)C(C)=O)C1. The molecule has 1 fully saturated rings. The Labute approximate surface area is 78.5 Å². The molecule has 2 atom stereocenters. The van der Waals surface area contributed by atoms with Crippen molar-refractivity contribution in [2.45, 2.75) is 25.5 Å². The fourth-order valence-electron chi connectivity index (χ4n) is 1.73. The first-order valence-corrected chi connectivity index (χ1v) is 4.57. The third-order valence-corrected chi connectivity index (χ3v) is 2.59. The van der Waals surface area contributed by atoms with Gasteiger partial charge in [-0.15, -0.1) is 0 Å². The van der Waals surface area contributed by atoms with Crippen molar-refractivity contribution in [2.75, 3.05) is 26.8 Å². The van der Waals surface area contributed by atoms with E-state index in [-0.39, 0.29) is 24.5 Å². The maximum atomic E-state index is 11.1. The van der Waals surface area contributed by atoms with Gasteiger partial charge in [-0.2, -0.15) is 0 Å². The number of methoxy groups -OCH3 is 1. The van der Waals surface area contributed by atoms with Crippen LogP contribution in [0.4, 0.5) is 0 Å². The number of hydrogen-bond donors (Lipinski definition) is 1. The molecule has 1 N–H and O–H groups in total. The van der Waals surface area contributed by atoms with Crippen molar-refractivity contribution in [3.05, 3.63) is 0 Å². The quantitative estimate of drug-likeness (QED) is 0.654. The molecule has 1 rings (SSSR count). The molecule has 0 saturated carbocycles. The molecule has 0 aromatic heterocycles. The summed E-state index contributed by atoms with van der Waals surface area (Å²) in [5.41, 5.74) is 0. The normalized spacial score (nSPS) is 26.2. The molecule has 0 bridgehead atoms. The van der Waals surface area contributed by atoms with Gasteiger partial charge in [0.2, 0.25) is 0 Å². The summed E-state index contributed by atoms with van der Waals surface area (Å²) in [6.07, 6.45) is 1.16. The first kappa shape index (κ1) is 10.6. The van der Waals surface area contributed by atoms with Gasteiger partial charge in [0, 0.05) is 20.2 Å². The monoisotopic (exact) mass is 187 g/mol. The highest BCUT2D eigenvalue weighted by Gasteiger charge is 2.29. The lowest BCUT2D eigenvalue weighted by atomic mass is 10.2. The second-order valence-electron chi connectivity index (χ2n) is 3.45. The Kier molecular flexibility index (Phi) is 3.84. The number of carbonyl (C=O) groups excluding carboxylic acids is 1. The van der Waals surface area contributed by atoms with Crippen LogP contribution in [0.5, 0.6) is 0 Å². The molecule has 2 unspecified atom stereocenters. The summed E-state index contributed by atoms with van der Waals surface area (Å²) >= 11 is 0. The highest BCUT2D eigenvalue weighted by molar-refractivity contribution is 5.81. The lowest BCUT2D eigenvalue weighted by Crippen LogP contribution is -2.41. The molecule has 1 heterocycles. The van der Waals surface area contributed by atoms with Crippen LogP contribution in [0, 0.1) is 0 Å². The summed E-state index contributed by atoms with van der Waals surface area (Å²) in [6, 6.07) is -0.333. The number of nitrogens with zero attached hydrogens (tertiary/aromatic N) is 1. The topological polar surface area (TPSA) is 49.8 Å². The fraction of sp³-hybridized carbons (Fsp3) is 0.889. The number of likely N-dealkylation sites (tertiary alicyclic amines) is 1. The molecular formula is C9H17NO3. The van der Waals surface area contributed by atoms with Crippen LogP contribution < -0.4 is 0 Å². The van der Waals surface area contributed by atoms with Gasteiger partial charge in [0.05, 0.1) is 18.8 Å². The predicted octanol–water partition coefficient (Wildman–Crippen LogP) is -0.343. The zero-order chi connectivity index (χ0) is 9.84. The average molecular weight is 187 g/mol. The van der Waals surface area contributed by atoms with Crippen molar-refractivity contribution in [3.63, 3.8) is 0 Å². The van der Waals surface area contributed by atoms with Crippen LogP contribution in [-0.2, 0) is 9.53 Å². The molecule has 4 heteroatoms. The second kappa shape index (κ2) is 4.69. The molecule has 0 radical (unpaired) electrons. The van der Waals surface area contributed by atoms with Gasteiger partial charge in [-0.25, -0.2) is 0 Å². The van der Waals surface area contributed by atoms with Gasteiger partial charge in [0.25, 0.3) is 0 Å². The fourth-order valence-corrected chi connectivity index (χ4v) is 1.73. The van der Waals surface area contributed by atoms with E-state index in [1.807, 2.05) is 4.90 Å². The van der Waals surface area contributed by atoms with Crippen LogP contribution in [0.15, 0.2) is 0 Å². The predicted molar refractivity (Wildman–Crippen MR) is 48.5 cm³/mol. The first-order valence-electron chi connectivity index (χ1n) is 4.57. The van der Waals surface area contributed by atoms with E-state index in [0.717, 1.165) is 19.5 Å². The van der Waals surface area contributed by atoms with Crippen LogP contribution in [0.25, 0.3) is 0 Å². The largest absolute Gasteiger partial charge is 0.394 e. The Morgan fingerprint density at radius 2 is 2.46 bits per heavy atom. The third kappa shape index (κ3) is 2.49. The minimum Gasteiger partial charge on any atom is -0.394 e. The zero-order valence-electron chi connectivity index (χ0n) is 8.19. The minimum atomic E-state index is -0.333. The van der Waals surface area contributed by atoms with Crippen molar-refractivity contribution in [2.24, 2.45) is 0 Å². The Balaban J connectivity index is 2.48. The second-order valence-corrected chi connectivity index (χ2v) is 3.45. The number of ether oxygens (including phenoxy) is 1. The summed E-state index contributed by atoms with van der Waals surface area (Å²) in [5.74, 6) is 0.0271. The summed E-state index contributed by atoms with van der Waals surface area (Å²) in [4.78, 5) is 13.1. The van der Waals surface area contributed by atoms with E-state index in [0.29, 0.717) is 0 Å². The van der Waals surface area contributed by atoms with Gasteiger partial charge in [0.1, 0.15) is 5.78 Å². The van der Waals surface area contributed by atoms with Crippen molar-refractivity contribution < 1.29 is 14.6 Å². The summed E-state index contributed by atoms with van der Waals surface area (Å²) in [7, 11) is 1.68. The lowest BCUT2D eigenvalue weighted by molar-refractivity contribution is -0.123. The maximum Gasteiger partial charge on any atom is 0.149 e. The lowest BCUT2D eigenvalue weighted by Gasteiger charge is -2.23. The number of hydrogen-bond acceptors (Lipinski definition) is 4. The molecule has 0 aromatic carbocycles. The highest BCUT2D eigenvalue weighted by Crippen LogP contribution is 2.15. The van der Waals surface area contributed by atoms with E-state index >= 15 is 0 Å². The van der Waals surface area contributed by atoms with Gasteiger partial charge in [-0.3, -0.25) is 9.69 Å². The molecule has 1 saturated heterocycles. The molecular weight excluding hydrogens is 170 g/mol. The highest BCUT2D eigenvalue weighted by atomic mass is 16.5. The van der Waals surface area contributed by atoms with Crippen LogP contribution in [0.2, 0.25) is 0 Å². The Hall–Kier alpha value is -0.450. The first-order chi connectivity index (χ1) is 6.19. The number of carbonyl (C=O) groups is 1. The maximum absolute atomic E-state index is 11.1. The summed E-state index contributed by atoms with van der Waals surface area (Å²) in [6.45, 7) is 3.01. The minimum absolute atomic E-state index is 0.0271. The smallest absolute Gasteiger partial charge is 0.149 e. The molecule has 0 aliphatic carbocycles. The molecule has 4 nitrogen and oxygen atoms in total. The van der Waals surface area contributed by atoms with Crippen LogP contribution in [-0.4, -0.2) is 54.7 Å². The Morgan fingerprint density at radius 1 is 1.77 bits per heavy atom. The van der Waals surface area contributed by atoms with Gasteiger partial charge in [-0.05, 0) is 13.3 Å². The molecule has 1 aliphatic heterocycles. The van der Waals surface area contributed by atoms with Gasteiger partial charge in [-0.1, -0.05) is 0 Å². The summed E-state index contributed by atoms with van der Waals surface area (Å²) in [5, 5.41) is 9.01. The Bertz CT molecular complexity index is 184. The van der Waals surface area contributed by atoms with Crippen LogP contribution in [0.1, 0.15) is 13.3 Å². The number of aliphatic hydroxyl groups excluding tert-OH is 1. The summed E-state index contributed by atoms with van der Waals surface area (Å²) < 4.78 is 5.18. The van der Waals surface area contributed by atoms with Gasteiger partial charge in [0.15, 0.2) is 0 Å². The van der Waals surface area contributed by atoms with E-state index in [1.54, 1.807) is 7.11 Å². The van der Waals surface area contributed by atoms with Crippen molar-refractivity contribution in [1.29, 1.82) is 0 Å². The van der Waals surface area contributed by atoms with Crippen molar-refractivity contribution in [3.8, 4) is 0 Å². The number of aliphatic hydroxyl groups is 1. The van der Waals surface area contributed by atoms with Gasteiger partial charge >= 0.3 is 0 Å².